The molecule has 1 N–H and O–H groups in total. The summed E-state index contributed by atoms with van der Waals surface area (Å²) in [5.74, 6) is 0.181. The maximum atomic E-state index is 12.3. The van der Waals surface area contributed by atoms with Gasteiger partial charge in [-0.15, -0.1) is 0 Å². The first-order chi connectivity index (χ1) is 11.2. The molecule has 0 saturated carbocycles. The Morgan fingerprint density at radius 1 is 1.04 bits per heavy atom. The number of nitro benzene ring substituents is 2. The van der Waals surface area contributed by atoms with Gasteiger partial charge in [0.2, 0.25) is 0 Å². The van der Waals surface area contributed by atoms with Gasteiger partial charge in [0.05, 0.1) is 27.9 Å². The lowest BCUT2D eigenvalue weighted by Crippen LogP contribution is -2.14. The van der Waals surface area contributed by atoms with Crippen molar-refractivity contribution in [1.82, 2.24) is 0 Å². The molecule has 24 heavy (non-hydrogen) atoms. The number of ether oxygens (including phenoxy) is 1. The van der Waals surface area contributed by atoms with E-state index in [0.29, 0.717) is 0 Å². The SMILES string of the molecule is COc1ccc(NS(=O)(=O)c2cccc([N+](=O)[O-])c2)c([N+](=O)[O-])c1. The molecule has 0 heterocycles. The van der Waals surface area contributed by atoms with Crippen LogP contribution in [0.3, 0.4) is 0 Å². The number of hydrogen-bond donors (Lipinski definition) is 1. The minimum absolute atomic E-state index is 0.181. The summed E-state index contributed by atoms with van der Waals surface area (Å²) in [6, 6.07) is 7.92. The van der Waals surface area contributed by atoms with E-state index in [1.165, 1.54) is 25.3 Å². The summed E-state index contributed by atoms with van der Waals surface area (Å²) in [5, 5.41) is 21.8. The normalized spacial score (nSPS) is 10.9. The molecule has 0 aliphatic carbocycles. The van der Waals surface area contributed by atoms with Gasteiger partial charge >= 0.3 is 0 Å². The van der Waals surface area contributed by atoms with Gasteiger partial charge in [0.1, 0.15) is 11.4 Å². The summed E-state index contributed by atoms with van der Waals surface area (Å²) in [7, 11) is -2.93. The number of nitro groups is 2. The van der Waals surface area contributed by atoms with Crippen LogP contribution in [0.4, 0.5) is 17.1 Å². The number of sulfonamides is 1. The first-order valence-electron chi connectivity index (χ1n) is 6.34. The lowest BCUT2D eigenvalue weighted by Gasteiger charge is -2.09. The predicted octanol–water partition coefficient (Wildman–Crippen LogP) is 2.31. The van der Waals surface area contributed by atoms with E-state index in [2.05, 4.69) is 4.72 Å². The van der Waals surface area contributed by atoms with Crippen LogP contribution in [0.1, 0.15) is 0 Å². The van der Waals surface area contributed by atoms with Crippen molar-refractivity contribution in [2.45, 2.75) is 4.90 Å². The molecule has 0 unspecified atom stereocenters. The van der Waals surface area contributed by atoms with Crippen molar-refractivity contribution in [2.75, 3.05) is 11.8 Å². The van der Waals surface area contributed by atoms with Gasteiger partial charge in [0.15, 0.2) is 0 Å². The zero-order valence-electron chi connectivity index (χ0n) is 12.2. The lowest BCUT2D eigenvalue weighted by atomic mass is 10.2. The summed E-state index contributed by atoms with van der Waals surface area (Å²) >= 11 is 0. The Morgan fingerprint density at radius 3 is 2.33 bits per heavy atom. The van der Waals surface area contributed by atoms with Crippen LogP contribution >= 0.6 is 0 Å². The molecule has 11 heteroatoms. The average Bonchev–Trinajstić information content (AvgIpc) is 2.54. The van der Waals surface area contributed by atoms with E-state index >= 15 is 0 Å². The van der Waals surface area contributed by atoms with E-state index < -0.39 is 31.2 Å². The number of nitrogens with zero attached hydrogens (tertiary/aromatic N) is 2. The first kappa shape index (κ1) is 17.1. The smallest absolute Gasteiger partial charge is 0.297 e. The molecule has 0 saturated heterocycles. The summed E-state index contributed by atoms with van der Waals surface area (Å²) in [4.78, 5) is 19.9. The zero-order valence-corrected chi connectivity index (χ0v) is 13.0. The van der Waals surface area contributed by atoms with E-state index in [1.54, 1.807) is 0 Å². The molecule has 0 aliphatic heterocycles. The van der Waals surface area contributed by atoms with Gasteiger partial charge in [0, 0.05) is 12.1 Å². The molecule has 0 bridgehead atoms. The van der Waals surface area contributed by atoms with E-state index in [1.807, 2.05) is 0 Å². The lowest BCUT2D eigenvalue weighted by molar-refractivity contribution is -0.385. The van der Waals surface area contributed by atoms with Crippen LogP contribution < -0.4 is 9.46 Å². The second-order valence-corrected chi connectivity index (χ2v) is 6.18. The van der Waals surface area contributed by atoms with Gasteiger partial charge in [-0.2, -0.15) is 0 Å². The van der Waals surface area contributed by atoms with Crippen LogP contribution in [0.2, 0.25) is 0 Å². The van der Waals surface area contributed by atoms with Crippen LogP contribution in [0, 0.1) is 20.2 Å². The Hall–Kier alpha value is -3.21. The quantitative estimate of drug-likeness (QED) is 0.620. The Balaban J connectivity index is 2.45. The van der Waals surface area contributed by atoms with Gasteiger partial charge in [-0.05, 0) is 18.2 Å². The number of benzene rings is 2. The molecule has 0 aliphatic rings. The van der Waals surface area contributed by atoms with Crippen molar-refractivity contribution in [2.24, 2.45) is 0 Å². The standard InChI is InChI=1S/C13H11N3O7S/c1-23-10-5-6-12(13(8-10)16(19)20)14-24(21,22)11-4-2-3-9(7-11)15(17)18/h2-8,14H,1H3. The molecule has 0 aromatic heterocycles. The Bertz CT molecular complexity index is 912. The zero-order chi connectivity index (χ0) is 17.9. The van der Waals surface area contributed by atoms with Crippen molar-refractivity contribution in [1.29, 1.82) is 0 Å². The van der Waals surface area contributed by atoms with E-state index in [4.69, 9.17) is 4.74 Å². The molecule has 2 rings (SSSR count). The van der Waals surface area contributed by atoms with E-state index in [9.17, 15) is 28.6 Å². The monoisotopic (exact) mass is 353 g/mol. The highest BCUT2D eigenvalue weighted by atomic mass is 32.2. The van der Waals surface area contributed by atoms with Crippen molar-refractivity contribution in [3.8, 4) is 5.75 Å². The largest absolute Gasteiger partial charge is 0.496 e. The number of nitrogens with one attached hydrogen (secondary N) is 1. The van der Waals surface area contributed by atoms with Crippen LogP contribution in [-0.4, -0.2) is 25.4 Å². The fourth-order valence-electron chi connectivity index (χ4n) is 1.84. The van der Waals surface area contributed by atoms with Crippen LogP contribution in [0.25, 0.3) is 0 Å². The van der Waals surface area contributed by atoms with E-state index in [-0.39, 0.29) is 16.3 Å². The maximum absolute atomic E-state index is 12.3. The average molecular weight is 353 g/mol. The summed E-state index contributed by atoms with van der Waals surface area (Å²) in [6.07, 6.45) is 0. The summed E-state index contributed by atoms with van der Waals surface area (Å²) < 4.78 is 31.6. The Kier molecular flexibility index (Phi) is 4.64. The van der Waals surface area contributed by atoms with Crippen molar-refractivity contribution < 1.29 is 23.0 Å². The number of anilines is 1. The number of methoxy groups -OCH3 is 1. The van der Waals surface area contributed by atoms with Crippen LogP contribution in [0.5, 0.6) is 5.75 Å². The van der Waals surface area contributed by atoms with Crippen molar-refractivity contribution >= 4 is 27.1 Å². The van der Waals surface area contributed by atoms with Crippen molar-refractivity contribution in [3.63, 3.8) is 0 Å². The number of non-ortho nitro benzene ring substituents is 1. The van der Waals surface area contributed by atoms with E-state index in [0.717, 1.165) is 24.3 Å². The molecular weight excluding hydrogens is 342 g/mol. The highest BCUT2D eigenvalue weighted by Crippen LogP contribution is 2.31. The predicted molar refractivity (Wildman–Crippen MR) is 83.6 cm³/mol. The van der Waals surface area contributed by atoms with Gasteiger partial charge in [-0.25, -0.2) is 8.42 Å². The molecule has 0 fully saturated rings. The Labute approximate surface area is 136 Å². The highest BCUT2D eigenvalue weighted by Gasteiger charge is 2.23. The molecule has 0 atom stereocenters. The first-order valence-corrected chi connectivity index (χ1v) is 7.82. The van der Waals surface area contributed by atoms with Gasteiger partial charge in [-0.1, -0.05) is 6.07 Å². The third kappa shape index (κ3) is 3.57. The number of rotatable bonds is 6. The third-order valence-electron chi connectivity index (χ3n) is 2.98. The molecular formula is C13H11N3O7S. The summed E-state index contributed by atoms with van der Waals surface area (Å²) in [6.45, 7) is 0. The molecule has 0 radical (unpaired) electrons. The van der Waals surface area contributed by atoms with Gasteiger partial charge < -0.3 is 4.74 Å². The molecule has 2 aromatic carbocycles. The Morgan fingerprint density at radius 2 is 1.75 bits per heavy atom. The molecule has 0 spiro atoms. The maximum Gasteiger partial charge on any atom is 0.297 e. The molecule has 10 nitrogen and oxygen atoms in total. The highest BCUT2D eigenvalue weighted by molar-refractivity contribution is 7.92. The van der Waals surface area contributed by atoms with Crippen LogP contribution in [-0.2, 0) is 10.0 Å². The molecule has 2 aromatic rings. The molecule has 0 amide bonds. The minimum atomic E-state index is -4.24. The second kappa shape index (κ2) is 6.50. The number of hydrogen-bond acceptors (Lipinski definition) is 7. The van der Waals surface area contributed by atoms with Gasteiger partial charge in [-0.3, -0.25) is 25.0 Å². The van der Waals surface area contributed by atoms with Crippen molar-refractivity contribution in [3.05, 3.63) is 62.7 Å². The minimum Gasteiger partial charge on any atom is -0.496 e. The molecule has 126 valence electrons. The second-order valence-electron chi connectivity index (χ2n) is 4.50. The third-order valence-corrected chi connectivity index (χ3v) is 4.35. The fourth-order valence-corrected chi connectivity index (χ4v) is 2.96. The topological polar surface area (TPSA) is 142 Å². The summed E-state index contributed by atoms with van der Waals surface area (Å²) in [5.41, 5.74) is -1.21. The van der Waals surface area contributed by atoms with Crippen LogP contribution in [0.15, 0.2) is 47.4 Å². The van der Waals surface area contributed by atoms with Gasteiger partial charge in [0.25, 0.3) is 21.4 Å². The fraction of sp³-hybridized carbons (Fsp3) is 0.0769.